The first-order valence-corrected chi connectivity index (χ1v) is 22.6. The molecule has 13 N–H and O–H groups in total. The van der Waals surface area contributed by atoms with Crippen LogP contribution < -0.4 is 5.73 Å². The first-order chi connectivity index (χ1) is 30.6. The fraction of sp³-hybridized carbons (Fsp3) is 0.702. The number of cyclic esters (lactones) is 1. The summed E-state index contributed by atoms with van der Waals surface area (Å²) in [5.74, 6) is -7.03. The Bertz CT molecular complexity index is 1620. The Labute approximate surface area is 381 Å². The molecule has 18 nitrogen and oxygen atoms in total. The highest BCUT2D eigenvalue weighted by atomic mass is 16.7. The van der Waals surface area contributed by atoms with E-state index in [4.69, 9.17) is 24.7 Å². The zero-order valence-electron chi connectivity index (χ0n) is 37.8. The molecule has 3 aliphatic heterocycles. The third kappa shape index (κ3) is 18.4. The number of esters is 1. The number of aliphatic hydroxyl groups excluding tert-OH is 9. The summed E-state index contributed by atoms with van der Waals surface area (Å²) < 4.78 is 23.3. The number of rotatable bonds is 3. The predicted octanol–water partition coefficient (Wildman–Crippen LogP) is 0.936. The Morgan fingerprint density at radius 3 is 1.94 bits per heavy atom. The first-order valence-electron chi connectivity index (χ1n) is 22.6. The number of hydrogen-bond acceptors (Lipinski definition) is 17. The van der Waals surface area contributed by atoms with E-state index in [1.54, 1.807) is 44.2 Å². The average Bonchev–Trinajstić information content (AvgIpc) is 3.22. The quantitative estimate of drug-likeness (QED) is 0.175. The number of nitrogens with two attached hydrogens (primary N) is 1. The Kier molecular flexibility index (Phi) is 23.8. The molecule has 3 rings (SSSR count). The molecule has 0 radical (unpaired) electrons. The van der Waals surface area contributed by atoms with Crippen molar-refractivity contribution in [2.75, 3.05) is 0 Å². The van der Waals surface area contributed by atoms with E-state index < -0.39 is 141 Å². The topological polar surface area (TPSA) is 320 Å². The van der Waals surface area contributed by atoms with Gasteiger partial charge in [-0.15, -0.1) is 0 Å². The second-order valence-electron chi connectivity index (χ2n) is 17.8. The van der Waals surface area contributed by atoms with Crippen molar-refractivity contribution in [3.8, 4) is 0 Å². The van der Waals surface area contributed by atoms with Crippen LogP contribution in [0.4, 0.5) is 0 Å². The van der Waals surface area contributed by atoms with Crippen LogP contribution in [0.3, 0.4) is 0 Å². The Morgan fingerprint density at radius 2 is 1.29 bits per heavy atom. The third-order valence-corrected chi connectivity index (χ3v) is 12.3. The third-order valence-electron chi connectivity index (χ3n) is 12.3. The van der Waals surface area contributed by atoms with Crippen molar-refractivity contribution in [3.05, 3.63) is 72.9 Å². The summed E-state index contributed by atoms with van der Waals surface area (Å²) in [6.45, 7) is 6.75. The van der Waals surface area contributed by atoms with Crippen molar-refractivity contribution >= 4 is 11.9 Å². The monoisotopic (exact) mass is 926 g/mol. The van der Waals surface area contributed by atoms with Crippen molar-refractivity contribution in [1.29, 1.82) is 0 Å². The van der Waals surface area contributed by atoms with Crippen LogP contribution in [-0.2, 0) is 28.5 Å². The number of carbonyl (C=O) groups is 2. The number of carboxylic acid groups (broad SMARTS) is 1. The Hall–Kier alpha value is -3.18. The molecule has 0 spiro atoms. The van der Waals surface area contributed by atoms with Gasteiger partial charge in [0.2, 0.25) is 0 Å². The highest BCUT2D eigenvalue weighted by molar-refractivity contribution is 5.72. The van der Waals surface area contributed by atoms with E-state index in [0.717, 1.165) is 12.8 Å². The van der Waals surface area contributed by atoms with E-state index in [2.05, 4.69) is 0 Å². The number of aliphatic carboxylic acids is 1. The molecule has 3 heterocycles. The van der Waals surface area contributed by atoms with Crippen molar-refractivity contribution in [1.82, 2.24) is 0 Å². The number of carboxylic acids is 1. The van der Waals surface area contributed by atoms with Crippen LogP contribution in [0, 0.1) is 17.8 Å². The van der Waals surface area contributed by atoms with Gasteiger partial charge < -0.3 is 80.9 Å². The lowest BCUT2D eigenvalue weighted by Gasteiger charge is -2.47. The van der Waals surface area contributed by atoms with Crippen LogP contribution in [-0.4, -0.2) is 166 Å². The van der Waals surface area contributed by atoms with Crippen LogP contribution in [0.5, 0.6) is 0 Å². The summed E-state index contributed by atoms with van der Waals surface area (Å²) in [6, 6.07) is -1.20. The second-order valence-corrected chi connectivity index (χ2v) is 17.8. The number of ether oxygens (including phenoxy) is 4. The maximum absolute atomic E-state index is 12.6. The summed E-state index contributed by atoms with van der Waals surface area (Å²) in [6.07, 6.45) is 1.78. The lowest BCUT2D eigenvalue weighted by Crippen LogP contribution is -2.63. The summed E-state index contributed by atoms with van der Waals surface area (Å²) in [4.78, 5) is 25.2. The van der Waals surface area contributed by atoms with Crippen LogP contribution >= 0.6 is 0 Å². The normalized spacial score (nSPS) is 42.3. The zero-order valence-corrected chi connectivity index (χ0v) is 37.8. The highest BCUT2D eigenvalue weighted by Crippen LogP contribution is 2.39. The standard InChI is InChI=1S/C47H75NO17/c1-27-18-16-14-12-10-8-6-5-7-9-11-13-15-17-19-37(64-46-43(58)40(48)42(57)30(4)63-46)44-39(45(59)60)36(54)26-47(61,65-44)25-35(53)34(52)21-20-31(49)22-32(50)23-33(51)24-38(55)62-29(3)28(2)41(27)56/h5-7,9,11-18,27-37,39-44,46,49-54,56-58,61H,8,10,19-26,48H2,1-4H3,(H,59,60). The average molecular weight is 926 g/mol. The van der Waals surface area contributed by atoms with Crippen LogP contribution in [0.25, 0.3) is 0 Å². The van der Waals surface area contributed by atoms with Crippen LogP contribution in [0.2, 0.25) is 0 Å². The molecule has 0 aromatic rings. The first kappa shape index (κ1) is 56.1. The van der Waals surface area contributed by atoms with Gasteiger partial charge in [-0.05, 0) is 58.8 Å². The Morgan fingerprint density at radius 1 is 0.708 bits per heavy atom. The maximum atomic E-state index is 12.6. The molecule has 0 amide bonds. The van der Waals surface area contributed by atoms with Gasteiger partial charge in [0.1, 0.15) is 24.2 Å². The van der Waals surface area contributed by atoms with E-state index >= 15 is 0 Å². The summed E-state index contributed by atoms with van der Waals surface area (Å²) in [5.41, 5.74) is 6.03. The number of fused-ring (bicyclic) bond motifs is 2. The molecule has 2 bridgehead atoms. The summed E-state index contributed by atoms with van der Waals surface area (Å²) >= 11 is 0. The SMILES string of the molecule is CC1C=CC=CCCC=CC=CC=CC=CCC(OC2OC(C)C(O)C(N)C2O)C2OC(O)(CC(O)C(O)CCC(O)CC(O)CC(O)CC(=O)OC(C)C(C)C1O)CC(O)C2C(=O)O. The largest absolute Gasteiger partial charge is 0.481 e. The lowest BCUT2D eigenvalue weighted by molar-refractivity contribution is -0.339. The number of carbonyl (C=O) groups excluding carboxylic acids is 1. The minimum Gasteiger partial charge on any atom is -0.481 e. The summed E-state index contributed by atoms with van der Waals surface area (Å²) in [7, 11) is 0. The van der Waals surface area contributed by atoms with E-state index in [9.17, 15) is 65.8 Å². The van der Waals surface area contributed by atoms with Crippen LogP contribution in [0.1, 0.15) is 91.9 Å². The van der Waals surface area contributed by atoms with Crippen molar-refractivity contribution in [2.24, 2.45) is 23.5 Å². The van der Waals surface area contributed by atoms with Gasteiger partial charge in [-0.3, -0.25) is 9.59 Å². The van der Waals surface area contributed by atoms with Crippen molar-refractivity contribution in [3.63, 3.8) is 0 Å². The molecule has 0 aliphatic carbocycles. The molecule has 0 aromatic heterocycles. The van der Waals surface area contributed by atoms with Gasteiger partial charge in [0, 0.05) is 24.7 Å². The van der Waals surface area contributed by atoms with E-state index in [0.29, 0.717) is 0 Å². The molecule has 18 heteroatoms. The van der Waals surface area contributed by atoms with Gasteiger partial charge >= 0.3 is 11.9 Å². The fourth-order valence-corrected chi connectivity index (χ4v) is 8.11. The number of allylic oxidation sites excluding steroid dienone is 10. The second kappa shape index (κ2) is 27.6. The van der Waals surface area contributed by atoms with Gasteiger partial charge in [-0.1, -0.05) is 86.8 Å². The van der Waals surface area contributed by atoms with E-state index in [1.807, 2.05) is 49.5 Å². The number of hydrogen-bond donors (Lipinski definition) is 12. The van der Waals surface area contributed by atoms with Gasteiger partial charge in [0.15, 0.2) is 12.1 Å². The minimum absolute atomic E-state index is 0.111. The molecule has 2 fully saturated rings. The highest BCUT2D eigenvalue weighted by Gasteiger charge is 2.54. The smallest absolute Gasteiger partial charge is 0.311 e. The molecule has 0 aromatic carbocycles. The zero-order chi connectivity index (χ0) is 48.4. The fourth-order valence-electron chi connectivity index (χ4n) is 8.11. The molecule has 19 unspecified atom stereocenters. The number of aliphatic hydroxyl groups is 10. The van der Waals surface area contributed by atoms with Gasteiger partial charge in [0.25, 0.3) is 0 Å². The minimum atomic E-state index is -2.42. The predicted molar refractivity (Wildman–Crippen MR) is 237 cm³/mol. The molecule has 3 aliphatic rings. The Balaban J connectivity index is 1.85. The molecule has 370 valence electrons. The molecule has 19 atom stereocenters. The van der Waals surface area contributed by atoms with Gasteiger partial charge in [-0.2, -0.15) is 0 Å². The van der Waals surface area contributed by atoms with Crippen LogP contribution in [0.15, 0.2) is 72.9 Å². The lowest BCUT2D eigenvalue weighted by atomic mass is 9.82. The van der Waals surface area contributed by atoms with Crippen molar-refractivity contribution in [2.45, 2.75) is 189 Å². The molecular weight excluding hydrogens is 851 g/mol. The van der Waals surface area contributed by atoms with E-state index in [-0.39, 0.29) is 38.0 Å². The maximum Gasteiger partial charge on any atom is 0.311 e. The molecular formula is C47H75NO17. The van der Waals surface area contributed by atoms with E-state index in [1.165, 1.54) is 6.92 Å². The summed E-state index contributed by atoms with van der Waals surface area (Å²) in [5, 5.41) is 119. The van der Waals surface area contributed by atoms with Gasteiger partial charge in [-0.25, -0.2) is 0 Å². The van der Waals surface area contributed by atoms with Gasteiger partial charge in [0.05, 0.1) is 73.5 Å². The molecule has 2 saturated heterocycles. The molecule has 65 heavy (non-hydrogen) atoms. The molecule has 0 saturated carbocycles. The van der Waals surface area contributed by atoms with Crippen molar-refractivity contribution < 1.29 is 84.7 Å².